The molecular formula is C26H25ClN2O5. The fraction of sp³-hybridized carbons (Fsp3) is 0.192. The van der Waals surface area contributed by atoms with E-state index in [1.165, 1.54) is 19.2 Å². The summed E-state index contributed by atoms with van der Waals surface area (Å²) in [7, 11) is 1.25. The number of phenolic OH excluding ortho intramolecular Hbond substituents is 1. The molecule has 0 unspecified atom stereocenters. The van der Waals surface area contributed by atoms with Crippen LogP contribution in [-0.2, 0) is 27.2 Å². The maximum absolute atomic E-state index is 13.3. The van der Waals surface area contributed by atoms with Crippen LogP contribution in [0.25, 0.3) is 0 Å². The van der Waals surface area contributed by atoms with Gasteiger partial charge in [0.2, 0.25) is 5.91 Å². The number of esters is 1. The van der Waals surface area contributed by atoms with Gasteiger partial charge < -0.3 is 20.5 Å². The molecule has 3 aromatic rings. The maximum atomic E-state index is 13.3. The van der Waals surface area contributed by atoms with Crippen LogP contribution in [0.5, 0.6) is 5.75 Å². The minimum atomic E-state index is -1.02. The zero-order chi connectivity index (χ0) is 24.5. The van der Waals surface area contributed by atoms with Crippen LogP contribution in [0.4, 0.5) is 0 Å². The lowest BCUT2D eigenvalue weighted by Gasteiger charge is -2.23. The minimum Gasteiger partial charge on any atom is -0.508 e. The second-order valence-corrected chi connectivity index (χ2v) is 8.06. The van der Waals surface area contributed by atoms with Gasteiger partial charge in [0.05, 0.1) is 17.7 Å². The highest BCUT2D eigenvalue weighted by molar-refractivity contribution is 6.33. The summed E-state index contributed by atoms with van der Waals surface area (Å²) < 4.78 is 4.88. The van der Waals surface area contributed by atoms with E-state index < -0.39 is 29.9 Å². The third-order valence-corrected chi connectivity index (χ3v) is 5.53. The molecule has 0 fully saturated rings. The van der Waals surface area contributed by atoms with Crippen LogP contribution < -0.4 is 10.6 Å². The molecule has 0 bridgehead atoms. The molecule has 0 spiro atoms. The predicted octanol–water partition coefficient (Wildman–Crippen LogP) is 3.29. The molecule has 3 aromatic carbocycles. The van der Waals surface area contributed by atoms with Gasteiger partial charge in [0, 0.05) is 12.8 Å². The van der Waals surface area contributed by atoms with E-state index in [0.717, 1.165) is 5.56 Å². The molecule has 8 heteroatoms. The standard InChI is InChI=1S/C26H25ClN2O5/c1-34-26(33)23(16-17-7-3-2-4-8-17)29-25(32)22(15-18-11-13-19(30)14-12-18)28-24(31)20-9-5-6-10-21(20)27/h2-14,22-23,30H,15-16H2,1H3,(H,28,31)(H,29,32)/t22-,23-/m0/s1. The van der Waals surface area contributed by atoms with Crippen molar-refractivity contribution in [2.75, 3.05) is 7.11 Å². The van der Waals surface area contributed by atoms with Crippen LogP contribution in [0.15, 0.2) is 78.9 Å². The Kier molecular flexibility index (Phi) is 8.65. The number of halogens is 1. The highest BCUT2D eigenvalue weighted by atomic mass is 35.5. The molecule has 0 aliphatic heterocycles. The molecular weight excluding hydrogens is 456 g/mol. The van der Waals surface area contributed by atoms with Crippen LogP contribution >= 0.6 is 11.6 Å². The fourth-order valence-corrected chi connectivity index (χ4v) is 3.64. The molecule has 0 heterocycles. The van der Waals surface area contributed by atoms with Crippen molar-refractivity contribution in [1.82, 2.24) is 10.6 Å². The zero-order valence-corrected chi connectivity index (χ0v) is 19.3. The Hall–Kier alpha value is -3.84. The van der Waals surface area contributed by atoms with E-state index in [1.54, 1.807) is 36.4 Å². The van der Waals surface area contributed by atoms with Crippen molar-refractivity contribution in [3.05, 3.63) is 101 Å². The molecule has 2 atom stereocenters. The number of hydrogen-bond acceptors (Lipinski definition) is 5. The average molecular weight is 481 g/mol. The van der Waals surface area contributed by atoms with Gasteiger partial charge in [-0.25, -0.2) is 4.79 Å². The van der Waals surface area contributed by atoms with E-state index in [1.807, 2.05) is 30.3 Å². The summed E-state index contributed by atoms with van der Waals surface area (Å²) in [5, 5.41) is 15.2. The van der Waals surface area contributed by atoms with Crippen molar-refractivity contribution < 1.29 is 24.2 Å². The lowest BCUT2D eigenvalue weighted by atomic mass is 10.0. The Balaban J connectivity index is 1.82. The van der Waals surface area contributed by atoms with Gasteiger partial charge in [0.15, 0.2) is 0 Å². The van der Waals surface area contributed by atoms with Crippen molar-refractivity contribution in [3.63, 3.8) is 0 Å². The number of hydrogen-bond donors (Lipinski definition) is 3. The van der Waals surface area contributed by atoms with E-state index in [-0.39, 0.29) is 29.2 Å². The normalized spacial score (nSPS) is 12.3. The number of carbonyl (C=O) groups excluding carboxylic acids is 3. The molecule has 0 aliphatic rings. The van der Waals surface area contributed by atoms with Crippen molar-refractivity contribution >= 4 is 29.4 Å². The van der Waals surface area contributed by atoms with Crippen LogP contribution in [0.2, 0.25) is 5.02 Å². The first-order valence-electron chi connectivity index (χ1n) is 10.6. The van der Waals surface area contributed by atoms with Crippen molar-refractivity contribution in [2.45, 2.75) is 24.9 Å². The number of amides is 2. The zero-order valence-electron chi connectivity index (χ0n) is 18.5. The van der Waals surface area contributed by atoms with Gasteiger partial charge >= 0.3 is 5.97 Å². The lowest BCUT2D eigenvalue weighted by Crippen LogP contribution is -2.53. The fourth-order valence-electron chi connectivity index (χ4n) is 3.42. The largest absolute Gasteiger partial charge is 0.508 e. The van der Waals surface area contributed by atoms with Gasteiger partial charge in [-0.2, -0.15) is 0 Å². The summed E-state index contributed by atoms with van der Waals surface area (Å²) in [4.78, 5) is 38.5. The molecule has 3 N–H and O–H groups in total. The molecule has 34 heavy (non-hydrogen) atoms. The number of rotatable bonds is 9. The molecule has 0 aliphatic carbocycles. The third kappa shape index (κ3) is 6.83. The van der Waals surface area contributed by atoms with Crippen molar-refractivity contribution in [3.8, 4) is 5.75 Å². The number of benzene rings is 3. The number of methoxy groups -OCH3 is 1. The molecule has 176 valence electrons. The molecule has 0 saturated heterocycles. The second-order valence-electron chi connectivity index (χ2n) is 7.65. The molecule has 2 amide bonds. The number of phenols is 1. The number of carbonyl (C=O) groups is 3. The van der Waals surface area contributed by atoms with E-state index in [9.17, 15) is 19.5 Å². The molecule has 0 saturated carbocycles. The van der Waals surface area contributed by atoms with Gasteiger partial charge in [0.25, 0.3) is 5.91 Å². The summed E-state index contributed by atoms with van der Waals surface area (Å²) >= 11 is 6.14. The minimum absolute atomic E-state index is 0.0819. The van der Waals surface area contributed by atoms with E-state index >= 15 is 0 Å². The van der Waals surface area contributed by atoms with Crippen LogP contribution in [0.3, 0.4) is 0 Å². The predicted molar refractivity (Wildman–Crippen MR) is 129 cm³/mol. The Morgan fingerprint density at radius 3 is 2.06 bits per heavy atom. The Morgan fingerprint density at radius 1 is 0.824 bits per heavy atom. The maximum Gasteiger partial charge on any atom is 0.328 e. The first-order valence-corrected chi connectivity index (χ1v) is 11.0. The number of nitrogens with one attached hydrogen (secondary N) is 2. The second kappa shape index (κ2) is 11.9. The topological polar surface area (TPSA) is 105 Å². The van der Waals surface area contributed by atoms with E-state index in [4.69, 9.17) is 16.3 Å². The first kappa shape index (κ1) is 24.8. The van der Waals surface area contributed by atoms with E-state index in [2.05, 4.69) is 10.6 Å². The lowest BCUT2D eigenvalue weighted by molar-refractivity contribution is -0.145. The van der Waals surface area contributed by atoms with Gasteiger partial charge in [0.1, 0.15) is 17.8 Å². The van der Waals surface area contributed by atoms with E-state index in [0.29, 0.717) is 5.56 Å². The molecule has 0 aromatic heterocycles. The highest BCUT2D eigenvalue weighted by Crippen LogP contribution is 2.16. The summed E-state index contributed by atoms with van der Waals surface area (Å²) in [5.41, 5.74) is 1.77. The van der Waals surface area contributed by atoms with Gasteiger partial charge in [-0.3, -0.25) is 9.59 Å². The average Bonchev–Trinajstić information content (AvgIpc) is 2.84. The Bertz CT molecular complexity index is 1140. The number of ether oxygens (including phenoxy) is 1. The van der Waals surface area contributed by atoms with Crippen molar-refractivity contribution in [1.29, 1.82) is 0 Å². The number of aromatic hydroxyl groups is 1. The Morgan fingerprint density at radius 2 is 1.41 bits per heavy atom. The van der Waals surface area contributed by atoms with Crippen LogP contribution in [0, 0.1) is 0 Å². The SMILES string of the molecule is COC(=O)[C@H](Cc1ccccc1)NC(=O)[C@H](Cc1ccc(O)cc1)NC(=O)c1ccccc1Cl. The third-order valence-electron chi connectivity index (χ3n) is 5.20. The quantitative estimate of drug-likeness (QED) is 0.408. The summed E-state index contributed by atoms with van der Waals surface area (Å²) in [6.45, 7) is 0. The summed E-state index contributed by atoms with van der Waals surface area (Å²) in [6, 6.07) is 20.0. The van der Waals surface area contributed by atoms with Crippen molar-refractivity contribution in [2.24, 2.45) is 0 Å². The van der Waals surface area contributed by atoms with Crippen LogP contribution in [-0.4, -0.2) is 42.1 Å². The first-order chi connectivity index (χ1) is 16.4. The van der Waals surface area contributed by atoms with Crippen LogP contribution in [0.1, 0.15) is 21.5 Å². The Labute approximate surface area is 202 Å². The molecule has 0 radical (unpaired) electrons. The summed E-state index contributed by atoms with van der Waals surface area (Å²) in [5.74, 6) is -1.60. The molecule has 7 nitrogen and oxygen atoms in total. The molecule has 3 rings (SSSR count). The smallest absolute Gasteiger partial charge is 0.328 e. The van der Waals surface area contributed by atoms with Gasteiger partial charge in [-0.05, 0) is 35.4 Å². The monoisotopic (exact) mass is 480 g/mol. The van der Waals surface area contributed by atoms with Gasteiger partial charge in [-0.1, -0.05) is 66.2 Å². The highest BCUT2D eigenvalue weighted by Gasteiger charge is 2.28. The summed E-state index contributed by atoms with van der Waals surface area (Å²) in [6.07, 6.45) is 0.352. The van der Waals surface area contributed by atoms with Gasteiger partial charge in [-0.15, -0.1) is 0 Å².